The van der Waals surface area contributed by atoms with E-state index >= 15 is 0 Å². The van der Waals surface area contributed by atoms with Crippen molar-refractivity contribution >= 4 is 33.4 Å². The van der Waals surface area contributed by atoms with Crippen LogP contribution in [0.2, 0.25) is 0 Å². The zero-order chi connectivity index (χ0) is 20.4. The minimum Gasteiger partial charge on any atom is -0.353 e. The molecular weight excluding hydrogens is 384 g/mol. The Kier molecular flexibility index (Phi) is 5.67. The number of anilines is 1. The van der Waals surface area contributed by atoms with Crippen molar-refractivity contribution < 1.29 is 4.79 Å². The Morgan fingerprint density at radius 2 is 2.17 bits per heavy atom. The molecule has 0 saturated carbocycles. The number of rotatable bonds is 5. The Hall–Kier alpha value is -2.67. The second-order valence-corrected chi connectivity index (χ2v) is 8.57. The van der Waals surface area contributed by atoms with Gasteiger partial charge in [-0.25, -0.2) is 4.98 Å². The van der Waals surface area contributed by atoms with Gasteiger partial charge in [-0.15, -0.1) is 11.3 Å². The third-order valence-electron chi connectivity index (χ3n) is 5.59. The first-order chi connectivity index (χ1) is 14.1. The summed E-state index contributed by atoms with van der Waals surface area (Å²) in [6, 6.07) is 10.2. The fourth-order valence-electron chi connectivity index (χ4n) is 3.73. The molecule has 1 fully saturated rings. The third kappa shape index (κ3) is 4.05. The fourth-order valence-corrected chi connectivity index (χ4v) is 4.64. The van der Waals surface area contributed by atoms with Crippen LogP contribution in [-0.2, 0) is 4.79 Å². The number of benzene rings is 1. The Balaban J connectivity index is 1.64. The number of hydrogen-bond donors (Lipinski definition) is 2. The Bertz CT molecular complexity index is 1060. The molecule has 0 unspecified atom stereocenters. The van der Waals surface area contributed by atoms with Crippen LogP contribution in [0.4, 0.5) is 5.95 Å². The van der Waals surface area contributed by atoms with Crippen LogP contribution < -0.4 is 15.8 Å². The van der Waals surface area contributed by atoms with Crippen LogP contribution in [0.3, 0.4) is 0 Å². The normalized spacial score (nSPS) is 18.0. The number of fused-ring (bicyclic) bond motifs is 1. The van der Waals surface area contributed by atoms with E-state index in [-0.39, 0.29) is 23.4 Å². The number of aromatic amines is 1. The van der Waals surface area contributed by atoms with Gasteiger partial charge in [-0.3, -0.25) is 14.6 Å². The molecule has 0 spiro atoms. The number of piperidine rings is 1. The lowest BCUT2D eigenvalue weighted by molar-refractivity contribution is -0.125. The molecule has 1 saturated heterocycles. The minimum atomic E-state index is -0.122. The van der Waals surface area contributed by atoms with Crippen LogP contribution >= 0.6 is 11.3 Å². The number of hydrogen-bond acceptors (Lipinski definition) is 5. The molecule has 1 aromatic carbocycles. The van der Waals surface area contributed by atoms with Gasteiger partial charge in [0, 0.05) is 30.1 Å². The lowest BCUT2D eigenvalue weighted by Crippen LogP contribution is -2.46. The van der Waals surface area contributed by atoms with Crippen molar-refractivity contribution in [2.24, 2.45) is 5.92 Å². The van der Waals surface area contributed by atoms with Gasteiger partial charge in [-0.05, 0) is 31.7 Å². The molecule has 152 valence electrons. The van der Waals surface area contributed by atoms with E-state index < -0.39 is 0 Å². The summed E-state index contributed by atoms with van der Waals surface area (Å²) in [5.41, 5.74) is 2.63. The molecule has 2 N–H and O–H groups in total. The summed E-state index contributed by atoms with van der Waals surface area (Å²) in [7, 11) is 0. The first-order valence-electron chi connectivity index (χ1n) is 10.2. The van der Waals surface area contributed by atoms with Gasteiger partial charge in [-0.1, -0.05) is 37.3 Å². The zero-order valence-electron chi connectivity index (χ0n) is 16.8. The maximum atomic E-state index is 12.7. The number of thiophene rings is 1. The van der Waals surface area contributed by atoms with Gasteiger partial charge >= 0.3 is 0 Å². The summed E-state index contributed by atoms with van der Waals surface area (Å²) < 4.78 is 0.635. The summed E-state index contributed by atoms with van der Waals surface area (Å²) in [6.45, 7) is 5.44. The van der Waals surface area contributed by atoms with Crippen LogP contribution in [0.1, 0.15) is 33.1 Å². The highest BCUT2D eigenvalue weighted by Gasteiger charge is 2.28. The quantitative estimate of drug-likeness (QED) is 0.671. The standard InChI is InChI=1S/C22H26N4O2S/c1-3-14(2)23-20(27)16-10-7-11-26(12-16)22-24-18-17(15-8-5-4-6-9-15)13-29-19(18)21(28)25-22/h4-6,8-9,13-14,16H,3,7,10-12H2,1-2H3,(H,23,27)(H,24,25,28)/t14-,16+/m1/s1. The average Bonchev–Trinajstić information content (AvgIpc) is 3.19. The van der Waals surface area contributed by atoms with Crippen LogP contribution in [0.15, 0.2) is 40.5 Å². The smallest absolute Gasteiger partial charge is 0.270 e. The fraction of sp³-hybridized carbons (Fsp3) is 0.409. The Labute approximate surface area is 174 Å². The van der Waals surface area contributed by atoms with Crippen molar-refractivity contribution in [2.45, 2.75) is 39.2 Å². The van der Waals surface area contributed by atoms with E-state index in [9.17, 15) is 9.59 Å². The topological polar surface area (TPSA) is 78.1 Å². The van der Waals surface area contributed by atoms with E-state index in [0.29, 0.717) is 17.2 Å². The molecule has 0 bridgehead atoms. The van der Waals surface area contributed by atoms with Crippen LogP contribution in [0.5, 0.6) is 0 Å². The minimum absolute atomic E-state index is 0.0881. The molecule has 1 amide bonds. The lowest BCUT2D eigenvalue weighted by Gasteiger charge is -2.32. The first-order valence-corrected chi connectivity index (χ1v) is 11.1. The van der Waals surface area contributed by atoms with E-state index in [2.05, 4.69) is 17.2 Å². The van der Waals surface area contributed by atoms with E-state index in [1.54, 1.807) is 0 Å². The highest BCUT2D eigenvalue weighted by Crippen LogP contribution is 2.32. The van der Waals surface area contributed by atoms with Gasteiger partial charge < -0.3 is 10.2 Å². The third-order valence-corrected chi connectivity index (χ3v) is 6.56. The monoisotopic (exact) mass is 410 g/mol. The number of carbonyl (C=O) groups is 1. The van der Waals surface area contributed by atoms with Crippen molar-refractivity contribution in [3.8, 4) is 11.1 Å². The maximum Gasteiger partial charge on any atom is 0.270 e. The van der Waals surface area contributed by atoms with Crippen molar-refractivity contribution in [1.82, 2.24) is 15.3 Å². The van der Waals surface area contributed by atoms with E-state index in [1.807, 2.05) is 47.5 Å². The number of nitrogens with zero attached hydrogens (tertiary/aromatic N) is 2. The predicted octanol–water partition coefficient (Wildman–Crippen LogP) is 3.78. The Morgan fingerprint density at radius 3 is 2.93 bits per heavy atom. The molecule has 2 atom stereocenters. The van der Waals surface area contributed by atoms with Crippen molar-refractivity contribution in [2.75, 3.05) is 18.0 Å². The van der Waals surface area contributed by atoms with Gasteiger partial charge in [0.25, 0.3) is 5.56 Å². The summed E-state index contributed by atoms with van der Waals surface area (Å²) in [6.07, 6.45) is 2.67. The van der Waals surface area contributed by atoms with Crippen molar-refractivity contribution in [3.05, 3.63) is 46.1 Å². The highest BCUT2D eigenvalue weighted by atomic mass is 32.1. The van der Waals surface area contributed by atoms with Crippen molar-refractivity contribution in [1.29, 1.82) is 0 Å². The molecule has 6 nitrogen and oxygen atoms in total. The number of nitrogens with one attached hydrogen (secondary N) is 2. The molecule has 0 aliphatic carbocycles. The Morgan fingerprint density at radius 1 is 1.38 bits per heavy atom. The SMILES string of the molecule is CC[C@@H](C)NC(=O)[C@H]1CCCN(c2nc3c(-c4ccccc4)csc3c(=O)[nH]2)C1. The highest BCUT2D eigenvalue weighted by molar-refractivity contribution is 7.17. The summed E-state index contributed by atoms with van der Waals surface area (Å²) in [4.78, 5) is 35.1. The number of aromatic nitrogens is 2. The first kappa shape index (κ1) is 19.6. The van der Waals surface area contributed by atoms with Crippen LogP contribution in [-0.4, -0.2) is 35.0 Å². The van der Waals surface area contributed by atoms with Gasteiger partial charge in [0.1, 0.15) is 4.70 Å². The van der Waals surface area contributed by atoms with Gasteiger partial charge in [0.05, 0.1) is 11.4 Å². The largest absolute Gasteiger partial charge is 0.353 e. The molecule has 2 aromatic heterocycles. The zero-order valence-corrected chi connectivity index (χ0v) is 17.6. The molecule has 29 heavy (non-hydrogen) atoms. The van der Waals surface area contributed by atoms with Gasteiger partial charge in [0.15, 0.2) is 0 Å². The van der Waals surface area contributed by atoms with Crippen molar-refractivity contribution in [3.63, 3.8) is 0 Å². The average molecular weight is 411 g/mol. The molecule has 1 aliphatic rings. The van der Waals surface area contributed by atoms with E-state index in [4.69, 9.17) is 4.98 Å². The summed E-state index contributed by atoms with van der Waals surface area (Å²) in [5.74, 6) is 0.557. The molecule has 1 aliphatic heterocycles. The second kappa shape index (κ2) is 8.37. The molecule has 3 heterocycles. The van der Waals surface area contributed by atoms with Gasteiger partial charge in [0.2, 0.25) is 11.9 Å². The lowest BCUT2D eigenvalue weighted by atomic mass is 9.97. The molecule has 3 aromatic rings. The van der Waals surface area contributed by atoms with Gasteiger partial charge in [-0.2, -0.15) is 0 Å². The second-order valence-electron chi connectivity index (χ2n) is 7.69. The molecule has 7 heteroatoms. The summed E-state index contributed by atoms with van der Waals surface area (Å²) in [5, 5.41) is 5.07. The molecule has 4 rings (SSSR count). The molecular formula is C22H26N4O2S. The van der Waals surface area contributed by atoms with Crippen LogP contribution in [0.25, 0.3) is 21.3 Å². The predicted molar refractivity (Wildman–Crippen MR) is 119 cm³/mol. The number of H-pyrrole nitrogens is 1. The number of carbonyl (C=O) groups excluding carboxylic acids is 1. The van der Waals surface area contributed by atoms with E-state index in [1.165, 1.54) is 11.3 Å². The summed E-state index contributed by atoms with van der Waals surface area (Å²) >= 11 is 1.42. The maximum absolute atomic E-state index is 12.7. The number of amides is 1. The molecule has 0 radical (unpaired) electrons. The van der Waals surface area contributed by atoms with E-state index in [0.717, 1.165) is 42.5 Å². The van der Waals surface area contributed by atoms with Crippen LogP contribution in [0, 0.1) is 5.92 Å².